The van der Waals surface area contributed by atoms with E-state index in [-0.39, 0.29) is 29.2 Å². The van der Waals surface area contributed by atoms with Crippen molar-refractivity contribution >= 4 is 23.2 Å². The molecule has 0 saturated carbocycles. The van der Waals surface area contributed by atoms with Crippen molar-refractivity contribution in [2.45, 2.75) is 32.8 Å². The van der Waals surface area contributed by atoms with Crippen LogP contribution in [0.1, 0.15) is 36.2 Å². The number of aryl methyl sites for hydroxylation is 1. The van der Waals surface area contributed by atoms with Gasteiger partial charge in [0.1, 0.15) is 11.5 Å². The van der Waals surface area contributed by atoms with Gasteiger partial charge in [0.25, 0.3) is 5.91 Å². The van der Waals surface area contributed by atoms with Gasteiger partial charge in [-0.3, -0.25) is 9.59 Å². The summed E-state index contributed by atoms with van der Waals surface area (Å²) >= 11 is 0. The molecule has 0 radical (unpaired) electrons. The average molecular weight is 380 g/mol. The summed E-state index contributed by atoms with van der Waals surface area (Å²) in [5.41, 5.74) is 2.40. The van der Waals surface area contributed by atoms with Crippen molar-refractivity contribution in [3.8, 4) is 11.5 Å². The third-order valence-corrected chi connectivity index (χ3v) is 4.47. The first-order valence-electron chi connectivity index (χ1n) is 9.27. The number of benzene rings is 2. The summed E-state index contributed by atoms with van der Waals surface area (Å²) in [6, 6.07) is 10.1. The highest BCUT2D eigenvalue weighted by Gasteiger charge is 2.26. The van der Waals surface area contributed by atoms with E-state index in [2.05, 4.69) is 11.9 Å². The molecule has 6 heteroatoms. The summed E-state index contributed by atoms with van der Waals surface area (Å²) in [4.78, 5) is 26.3. The summed E-state index contributed by atoms with van der Waals surface area (Å²) in [5, 5.41) is 12.8. The Morgan fingerprint density at radius 3 is 2.75 bits per heavy atom. The van der Waals surface area contributed by atoms with Gasteiger partial charge in [-0.25, -0.2) is 0 Å². The summed E-state index contributed by atoms with van der Waals surface area (Å²) in [7, 11) is 0. The van der Waals surface area contributed by atoms with Gasteiger partial charge in [0.05, 0.1) is 11.7 Å². The molecule has 0 aromatic heterocycles. The predicted molar refractivity (Wildman–Crippen MR) is 109 cm³/mol. The maximum Gasteiger partial charge on any atom is 0.262 e. The van der Waals surface area contributed by atoms with Crippen molar-refractivity contribution in [1.82, 2.24) is 0 Å². The van der Waals surface area contributed by atoms with E-state index in [0.717, 1.165) is 35.9 Å². The second-order valence-corrected chi connectivity index (χ2v) is 6.94. The van der Waals surface area contributed by atoms with E-state index in [4.69, 9.17) is 4.74 Å². The highest BCUT2D eigenvalue weighted by molar-refractivity contribution is 6.09. The first-order valence-corrected chi connectivity index (χ1v) is 9.27. The molecule has 3 rings (SSSR count). The number of rotatable bonds is 5. The van der Waals surface area contributed by atoms with Crippen molar-refractivity contribution in [2.75, 3.05) is 16.8 Å². The lowest BCUT2D eigenvalue weighted by Crippen LogP contribution is -2.35. The van der Waals surface area contributed by atoms with Gasteiger partial charge in [0.2, 0.25) is 5.91 Å². The minimum atomic E-state index is -0.384. The van der Waals surface area contributed by atoms with Gasteiger partial charge in [-0.2, -0.15) is 0 Å². The fourth-order valence-electron chi connectivity index (χ4n) is 3.25. The summed E-state index contributed by atoms with van der Waals surface area (Å²) < 4.78 is 5.75. The Bertz CT molecular complexity index is 921. The van der Waals surface area contributed by atoms with Crippen LogP contribution < -0.4 is 15.0 Å². The van der Waals surface area contributed by atoms with Crippen molar-refractivity contribution in [3.05, 3.63) is 60.2 Å². The number of hydrogen-bond acceptors (Lipinski definition) is 4. The minimum absolute atomic E-state index is 0.0739. The van der Waals surface area contributed by atoms with Crippen LogP contribution >= 0.6 is 0 Å². The Morgan fingerprint density at radius 2 is 2.04 bits per heavy atom. The largest absolute Gasteiger partial charge is 0.507 e. The first kappa shape index (κ1) is 19.5. The highest BCUT2D eigenvalue weighted by Crippen LogP contribution is 2.33. The number of amides is 2. The summed E-state index contributed by atoms with van der Waals surface area (Å²) in [5.74, 6) is -0.0516. The number of nitrogens with one attached hydrogen (secondary N) is 1. The van der Waals surface area contributed by atoms with Crippen LogP contribution in [0, 0.1) is 0 Å². The zero-order valence-electron chi connectivity index (χ0n) is 16.1. The number of anilines is 2. The van der Waals surface area contributed by atoms with Gasteiger partial charge < -0.3 is 20.1 Å². The molecule has 0 unspecified atom stereocenters. The molecule has 2 aromatic carbocycles. The molecule has 0 fully saturated rings. The van der Waals surface area contributed by atoms with Crippen molar-refractivity contribution < 1.29 is 19.4 Å². The van der Waals surface area contributed by atoms with E-state index in [1.807, 2.05) is 32.0 Å². The molecule has 1 aliphatic heterocycles. The van der Waals surface area contributed by atoms with Gasteiger partial charge in [0, 0.05) is 17.9 Å². The molecular formula is C22H24N2O4. The van der Waals surface area contributed by atoms with Crippen LogP contribution in [0.5, 0.6) is 11.5 Å². The Kier molecular flexibility index (Phi) is 5.68. The lowest BCUT2D eigenvalue weighted by atomic mass is 10.00. The molecular weight excluding hydrogens is 356 g/mol. The molecule has 0 atom stereocenters. The van der Waals surface area contributed by atoms with Gasteiger partial charge in [-0.15, -0.1) is 0 Å². The molecule has 2 N–H and O–H groups in total. The molecule has 28 heavy (non-hydrogen) atoms. The third-order valence-electron chi connectivity index (χ3n) is 4.47. The smallest absolute Gasteiger partial charge is 0.262 e. The zero-order chi connectivity index (χ0) is 20.3. The number of phenolic OH excluding ortho intramolecular Hbond substituents is 1. The number of hydrogen-bond donors (Lipinski definition) is 2. The minimum Gasteiger partial charge on any atom is -0.507 e. The van der Waals surface area contributed by atoms with Gasteiger partial charge in [-0.05, 0) is 74.7 Å². The molecule has 6 nitrogen and oxygen atoms in total. The number of nitrogens with zero attached hydrogens (tertiary/aromatic N) is 1. The molecule has 0 bridgehead atoms. The molecule has 0 aliphatic carbocycles. The van der Waals surface area contributed by atoms with Crippen molar-refractivity contribution in [1.29, 1.82) is 0 Å². The third kappa shape index (κ3) is 4.17. The number of fused-ring (bicyclic) bond motifs is 1. The number of ether oxygens (including phenoxy) is 1. The van der Waals surface area contributed by atoms with Crippen LogP contribution in [0.15, 0.2) is 49.1 Å². The fourth-order valence-corrected chi connectivity index (χ4v) is 3.25. The van der Waals surface area contributed by atoms with Crippen LogP contribution in [-0.4, -0.2) is 29.6 Å². The lowest BCUT2D eigenvalue weighted by molar-refractivity contribution is -0.111. The van der Waals surface area contributed by atoms with Gasteiger partial charge in [-0.1, -0.05) is 6.58 Å². The number of carbonyl (C=O) groups is 2. The monoisotopic (exact) mass is 380 g/mol. The number of aromatic hydroxyl groups is 1. The second kappa shape index (κ2) is 8.17. The highest BCUT2D eigenvalue weighted by atomic mass is 16.5. The molecule has 1 heterocycles. The number of phenols is 1. The van der Waals surface area contributed by atoms with Crippen LogP contribution in [-0.2, 0) is 11.2 Å². The van der Waals surface area contributed by atoms with Gasteiger partial charge >= 0.3 is 0 Å². The van der Waals surface area contributed by atoms with Crippen molar-refractivity contribution in [2.24, 2.45) is 0 Å². The molecule has 2 amide bonds. The van der Waals surface area contributed by atoms with E-state index in [1.54, 1.807) is 4.90 Å². The summed E-state index contributed by atoms with van der Waals surface area (Å²) in [6.45, 7) is 7.90. The quantitative estimate of drug-likeness (QED) is 0.609. The zero-order valence-corrected chi connectivity index (χ0v) is 16.1. The van der Waals surface area contributed by atoms with E-state index in [9.17, 15) is 14.7 Å². The van der Waals surface area contributed by atoms with Crippen LogP contribution in [0.3, 0.4) is 0 Å². The Labute approximate surface area is 164 Å². The lowest BCUT2D eigenvalue weighted by Gasteiger charge is -2.30. The molecule has 0 saturated heterocycles. The van der Waals surface area contributed by atoms with Crippen LogP contribution in [0.2, 0.25) is 0 Å². The maximum absolute atomic E-state index is 13.2. The summed E-state index contributed by atoms with van der Waals surface area (Å²) in [6.07, 6.45) is 2.89. The normalized spacial score (nSPS) is 13.0. The standard InChI is InChI=1S/C22H24N2O4/c1-4-21(26)23-16-7-10-20(25)18(13-16)22(27)24-11-5-6-15-12-17(28-14(2)3)8-9-19(15)24/h4,7-10,12-14,25H,1,5-6,11H2,2-3H3,(H,23,26). The van der Waals surface area contributed by atoms with Crippen LogP contribution in [0.25, 0.3) is 0 Å². The Balaban J connectivity index is 1.91. The van der Waals surface area contributed by atoms with E-state index >= 15 is 0 Å². The second-order valence-electron chi connectivity index (χ2n) is 6.94. The SMILES string of the molecule is C=CC(=O)Nc1ccc(O)c(C(=O)N2CCCc3cc(OC(C)C)ccc32)c1. The fraction of sp³-hybridized carbons (Fsp3) is 0.273. The Morgan fingerprint density at radius 1 is 1.25 bits per heavy atom. The predicted octanol–water partition coefficient (Wildman–Crippen LogP) is 3.90. The maximum atomic E-state index is 13.2. The average Bonchev–Trinajstić information content (AvgIpc) is 2.67. The first-order chi connectivity index (χ1) is 13.4. The van der Waals surface area contributed by atoms with Crippen LogP contribution in [0.4, 0.5) is 11.4 Å². The van der Waals surface area contributed by atoms with E-state index in [0.29, 0.717) is 12.2 Å². The van der Waals surface area contributed by atoms with Crippen molar-refractivity contribution in [3.63, 3.8) is 0 Å². The molecule has 0 spiro atoms. The van der Waals surface area contributed by atoms with Gasteiger partial charge in [0.15, 0.2) is 0 Å². The molecule has 2 aromatic rings. The molecule has 146 valence electrons. The Hall–Kier alpha value is -3.28. The van der Waals surface area contributed by atoms with E-state index < -0.39 is 0 Å². The number of carbonyl (C=O) groups excluding carboxylic acids is 2. The van der Waals surface area contributed by atoms with E-state index in [1.165, 1.54) is 18.2 Å². The molecule has 1 aliphatic rings. The topological polar surface area (TPSA) is 78.9 Å².